The van der Waals surface area contributed by atoms with Crippen molar-refractivity contribution in [2.45, 2.75) is 32.4 Å². The number of nitrogens with one attached hydrogen (secondary N) is 1. The first-order chi connectivity index (χ1) is 8.74. The molecule has 0 spiro atoms. The van der Waals surface area contributed by atoms with Crippen LogP contribution >= 0.6 is 15.9 Å². The third kappa shape index (κ3) is 2.49. The highest BCUT2D eigenvalue weighted by Crippen LogP contribution is 2.24. The first kappa shape index (κ1) is 11.9. The maximum absolute atomic E-state index is 4.25. The maximum Gasteiger partial charge on any atom is 0.110 e. The summed E-state index contributed by atoms with van der Waals surface area (Å²) in [7, 11) is 0. The maximum atomic E-state index is 4.25. The molecule has 0 saturated heterocycles. The van der Waals surface area contributed by atoms with E-state index in [1.165, 1.54) is 18.4 Å². The average Bonchev–Trinajstić information content (AvgIpc) is 3.09. The fraction of sp³-hybridized carbons (Fsp3) is 0.357. The number of hydrogen-bond donors (Lipinski definition) is 1. The van der Waals surface area contributed by atoms with Gasteiger partial charge in [0.25, 0.3) is 0 Å². The van der Waals surface area contributed by atoms with E-state index in [-0.39, 0.29) is 0 Å². The highest BCUT2D eigenvalue weighted by molar-refractivity contribution is 9.10. The summed E-state index contributed by atoms with van der Waals surface area (Å²) in [4.78, 5) is 4.25. The number of rotatable bonds is 4. The molecule has 18 heavy (non-hydrogen) atoms. The number of halogens is 1. The highest BCUT2D eigenvalue weighted by Gasteiger charge is 2.20. The number of benzene rings is 1. The lowest BCUT2D eigenvalue weighted by Gasteiger charge is -2.10. The molecule has 0 unspecified atom stereocenters. The minimum atomic E-state index is 0.749. The molecule has 0 atom stereocenters. The molecule has 1 aliphatic carbocycles. The van der Waals surface area contributed by atoms with Crippen molar-refractivity contribution in [2.24, 2.45) is 0 Å². The molecule has 3 nitrogen and oxygen atoms in total. The normalized spacial score (nSPS) is 15.0. The zero-order valence-electron chi connectivity index (χ0n) is 10.4. The Bertz CT molecular complexity index is 558. The molecule has 1 aromatic heterocycles. The lowest BCUT2D eigenvalue weighted by atomic mass is 10.2. The monoisotopic (exact) mass is 305 g/mol. The molecule has 0 radical (unpaired) electrons. The van der Waals surface area contributed by atoms with Crippen molar-refractivity contribution >= 4 is 15.9 Å². The molecule has 1 aromatic carbocycles. The first-order valence-corrected chi connectivity index (χ1v) is 7.05. The van der Waals surface area contributed by atoms with Crippen LogP contribution in [-0.2, 0) is 6.54 Å². The van der Waals surface area contributed by atoms with Crippen molar-refractivity contribution in [1.82, 2.24) is 14.9 Å². The molecule has 94 valence electrons. The molecule has 0 aliphatic heterocycles. The fourth-order valence-corrected chi connectivity index (χ4v) is 2.66. The van der Waals surface area contributed by atoms with E-state index < -0.39 is 0 Å². The van der Waals surface area contributed by atoms with E-state index in [4.69, 9.17) is 0 Å². The molecule has 2 aromatic rings. The van der Waals surface area contributed by atoms with Crippen molar-refractivity contribution in [2.75, 3.05) is 0 Å². The lowest BCUT2D eigenvalue weighted by molar-refractivity contribution is 0.687. The summed E-state index contributed by atoms with van der Waals surface area (Å²) < 4.78 is 3.20. The van der Waals surface area contributed by atoms with Gasteiger partial charge in [-0.2, -0.15) is 0 Å². The average molecular weight is 306 g/mol. The van der Waals surface area contributed by atoms with Crippen LogP contribution in [0.5, 0.6) is 0 Å². The number of hydrogen-bond acceptors (Lipinski definition) is 2. The second-order valence-corrected chi connectivity index (χ2v) is 5.64. The van der Waals surface area contributed by atoms with Crippen LogP contribution in [0.15, 0.2) is 35.1 Å². The Labute approximate surface area is 115 Å². The summed E-state index contributed by atoms with van der Waals surface area (Å²) in [6.07, 6.45) is 6.46. The Balaban J connectivity index is 1.82. The second kappa shape index (κ2) is 4.86. The Morgan fingerprint density at radius 2 is 2.28 bits per heavy atom. The zero-order valence-corrected chi connectivity index (χ0v) is 11.9. The van der Waals surface area contributed by atoms with Crippen molar-refractivity contribution < 1.29 is 0 Å². The van der Waals surface area contributed by atoms with Crippen molar-refractivity contribution in [1.29, 1.82) is 0 Å². The molecular weight excluding hydrogens is 290 g/mol. The van der Waals surface area contributed by atoms with E-state index in [0.29, 0.717) is 0 Å². The molecule has 1 N–H and O–H groups in total. The smallest absolute Gasteiger partial charge is 0.110 e. The summed E-state index contributed by atoms with van der Waals surface area (Å²) in [5.74, 6) is 1.000. The van der Waals surface area contributed by atoms with Crippen LogP contribution in [0.3, 0.4) is 0 Å². The second-order valence-electron chi connectivity index (χ2n) is 4.79. The van der Waals surface area contributed by atoms with Gasteiger partial charge in [0.1, 0.15) is 5.82 Å². The third-order valence-corrected chi connectivity index (χ3v) is 3.90. The van der Waals surface area contributed by atoms with Gasteiger partial charge in [-0.3, -0.25) is 0 Å². The van der Waals surface area contributed by atoms with E-state index >= 15 is 0 Å². The van der Waals surface area contributed by atoms with Crippen LogP contribution < -0.4 is 5.32 Å². The van der Waals surface area contributed by atoms with Gasteiger partial charge in [-0.05, 0) is 53.4 Å². The molecule has 3 rings (SSSR count). The molecule has 1 fully saturated rings. The summed E-state index contributed by atoms with van der Waals surface area (Å²) in [5.41, 5.74) is 2.45. The number of aryl methyl sites for hydroxylation is 1. The van der Waals surface area contributed by atoms with E-state index in [1.807, 2.05) is 19.3 Å². The van der Waals surface area contributed by atoms with Crippen molar-refractivity contribution in [3.8, 4) is 5.69 Å². The van der Waals surface area contributed by atoms with Gasteiger partial charge in [0, 0.05) is 29.5 Å². The van der Waals surface area contributed by atoms with Crippen LogP contribution in [-0.4, -0.2) is 15.6 Å². The van der Waals surface area contributed by atoms with Gasteiger partial charge in [-0.15, -0.1) is 0 Å². The molecule has 1 aliphatic rings. The van der Waals surface area contributed by atoms with Gasteiger partial charge < -0.3 is 9.88 Å². The van der Waals surface area contributed by atoms with Gasteiger partial charge in [0.15, 0.2) is 0 Å². The van der Waals surface area contributed by atoms with Crippen LogP contribution in [0.25, 0.3) is 5.69 Å². The van der Waals surface area contributed by atoms with Crippen LogP contribution in [0.1, 0.15) is 24.2 Å². The van der Waals surface area contributed by atoms with Crippen LogP contribution in [0.4, 0.5) is 0 Å². The van der Waals surface area contributed by atoms with Gasteiger partial charge >= 0.3 is 0 Å². The van der Waals surface area contributed by atoms with Crippen LogP contribution in [0, 0.1) is 6.92 Å². The van der Waals surface area contributed by atoms with Gasteiger partial charge in [-0.1, -0.05) is 6.07 Å². The number of aromatic nitrogens is 2. The van der Waals surface area contributed by atoms with Crippen LogP contribution in [0.2, 0.25) is 0 Å². The summed E-state index contributed by atoms with van der Waals surface area (Å²) >= 11 is 3.65. The Kier molecular flexibility index (Phi) is 3.22. The van der Waals surface area contributed by atoms with E-state index in [0.717, 1.165) is 28.6 Å². The van der Waals surface area contributed by atoms with Gasteiger partial charge in [0.05, 0.1) is 5.69 Å². The molecule has 4 heteroatoms. The van der Waals surface area contributed by atoms with Gasteiger partial charge in [-0.25, -0.2) is 4.98 Å². The van der Waals surface area contributed by atoms with E-state index in [2.05, 4.69) is 49.0 Å². The Morgan fingerprint density at radius 1 is 1.44 bits per heavy atom. The standard InChI is InChI=1S/C14H16BrN3/c1-10-16-6-7-18(10)14-5-2-11(8-13(14)15)9-17-12-3-4-12/h2,5-8,12,17H,3-4,9H2,1H3. The minimum absolute atomic E-state index is 0.749. The van der Waals surface area contributed by atoms with Crippen molar-refractivity contribution in [3.63, 3.8) is 0 Å². The number of nitrogens with zero attached hydrogens (tertiary/aromatic N) is 2. The molecular formula is C14H16BrN3. The first-order valence-electron chi connectivity index (χ1n) is 6.26. The fourth-order valence-electron chi connectivity index (χ4n) is 2.04. The molecule has 0 bridgehead atoms. The predicted octanol–water partition coefficient (Wildman–Crippen LogP) is 3.20. The number of imidazole rings is 1. The summed E-state index contributed by atoms with van der Waals surface area (Å²) in [6.45, 7) is 2.96. The minimum Gasteiger partial charge on any atom is -0.310 e. The largest absolute Gasteiger partial charge is 0.310 e. The van der Waals surface area contributed by atoms with E-state index in [9.17, 15) is 0 Å². The lowest BCUT2D eigenvalue weighted by Crippen LogP contribution is -2.15. The molecule has 1 saturated carbocycles. The quantitative estimate of drug-likeness (QED) is 0.940. The van der Waals surface area contributed by atoms with Gasteiger partial charge in [0.2, 0.25) is 0 Å². The Morgan fingerprint density at radius 3 is 2.89 bits per heavy atom. The topological polar surface area (TPSA) is 29.9 Å². The molecule has 0 amide bonds. The van der Waals surface area contributed by atoms with Crippen molar-refractivity contribution in [3.05, 3.63) is 46.5 Å². The predicted molar refractivity (Wildman–Crippen MR) is 75.9 cm³/mol. The highest BCUT2D eigenvalue weighted by atomic mass is 79.9. The summed E-state index contributed by atoms with van der Waals surface area (Å²) in [5, 5.41) is 3.53. The van der Waals surface area contributed by atoms with E-state index in [1.54, 1.807) is 0 Å². The SMILES string of the molecule is Cc1nccn1-c1ccc(CNC2CC2)cc1Br. The summed E-state index contributed by atoms with van der Waals surface area (Å²) in [6, 6.07) is 7.25. The molecule has 1 heterocycles. The Hall–Kier alpha value is -1.13. The zero-order chi connectivity index (χ0) is 12.5. The third-order valence-electron chi connectivity index (χ3n) is 3.27.